The molecule has 0 aromatic carbocycles. The van der Waals surface area contributed by atoms with Gasteiger partial charge in [-0.2, -0.15) is 0 Å². The standard InChI is InChI=1S/C14H22BrFN2O2Si/c1-14(2,3)21(4,5)20-8-6-7-19-12-9(15)10(16)13(17)18-11(8)12/h8H,6-7H2,1-5H3,(H2,17,18). The highest BCUT2D eigenvalue weighted by Gasteiger charge is 2.41. The molecule has 118 valence electrons. The molecule has 7 heteroatoms. The van der Waals surface area contributed by atoms with Gasteiger partial charge in [-0.1, -0.05) is 20.8 Å². The SMILES string of the molecule is CC(C)(C)[Si](C)(C)OC1CCOc2c1nc(N)c(F)c2Br. The van der Waals surface area contributed by atoms with Crippen molar-refractivity contribution in [2.45, 2.75) is 51.4 Å². The molecule has 2 rings (SSSR count). The van der Waals surface area contributed by atoms with E-state index in [1.807, 2.05) is 0 Å². The number of anilines is 1. The summed E-state index contributed by atoms with van der Waals surface area (Å²) in [4.78, 5) is 4.17. The van der Waals surface area contributed by atoms with Crippen molar-refractivity contribution in [1.29, 1.82) is 0 Å². The zero-order valence-electron chi connectivity index (χ0n) is 13.1. The Balaban J connectivity index is 2.40. The summed E-state index contributed by atoms with van der Waals surface area (Å²) in [5.41, 5.74) is 6.23. The van der Waals surface area contributed by atoms with Gasteiger partial charge in [0.1, 0.15) is 10.2 Å². The van der Waals surface area contributed by atoms with Crippen LogP contribution in [0.15, 0.2) is 4.47 Å². The van der Waals surface area contributed by atoms with Crippen LogP contribution in [0.25, 0.3) is 0 Å². The van der Waals surface area contributed by atoms with Gasteiger partial charge in [-0.05, 0) is 34.1 Å². The van der Waals surface area contributed by atoms with E-state index in [9.17, 15) is 4.39 Å². The fourth-order valence-electron chi connectivity index (χ4n) is 1.96. The van der Waals surface area contributed by atoms with Crippen molar-refractivity contribution in [2.24, 2.45) is 0 Å². The first-order valence-electron chi connectivity index (χ1n) is 6.99. The molecule has 0 spiro atoms. The largest absolute Gasteiger partial charge is 0.490 e. The Morgan fingerprint density at radius 2 is 2.05 bits per heavy atom. The normalized spacial score (nSPS) is 19.1. The van der Waals surface area contributed by atoms with E-state index in [0.717, 1.165) is 0 Å². The number of nitrogen functional groups attached to an aromatic ring is 1. The molecular formula is C14H22BrFN2O2Si. The van der Waals surface area contributed by atoms with E-state index >= 15 is 0 Å². The van der Waals surface area contributed by atoms with Crippen molar-refractivity contribution in [2.75, 3.05) is 12.3 Å². The summed E-state index contributed by atoms with van der Waals surface area (Å²) in [5, 5.41) is 0.0915. The molecule has 0 amide bonds. The molecule has 0 aliphatic carbocycles. The highest BCUT2D eigenvalue weighted by atomic mass is 79.9. The molecule has 1 aliphatic rings. The van der Waals surface area contributed by atoms with Gasteiger partial charge in [0.05, 0.1) is 12.7 Å². The van der Waals surface area contributed by atoms with Crippen molar-refractivity contribution in [1.82, 2.24) is 4.98 Å². The molecule has 0 saturated carbocycles. The first-order valence-corrected chi connectivity index (χ1v) is 10.7. The van der Waals surface area contributed by atoms with Gasteiger partial charge in [-0.15, -0.1) is 0 Å². The summed E-state index contributed by atoms with van der Waals surface area (Å²) in [7, 11) is -1.95. The molecule has 1 unspecified atom stereocenters. The van der Waals surface area contributed by atoms with Crippen LogP contribution in [0, 0.1) is 5.82 Å². The van der Waals surface area contributed by atoms with Gasteiger partial charge in [0.2, 0.25) is 0 Å². The summed E-state index contributed by atoms with van der Waals surface area (Å²) < 4.78 is 26.0. The monoisotopic (exact) mass is 376 g/mol. The van der Waals surface area contributed by atoms with Crippen molar-refractivity contribution >= 4 is 30.1 Å². The Bertz CT molecular complexity index is 561. The van der Waals surface area contributed by atoms with E-state index in [1.54, 1.807) is 0 Å². The van der Waals surface area contributed by atoms with Crippen molar-refractivity contribution in [3.05, 3.63) is 16.0 Å². The maximum atomic E-state index is 13.8. The van der Waals surface area contributed by atoms with Crippen LogP contribution in [0.3, 0.4) is 0 Å². The predicted molar refractivity (Wildman–Crippen MR) is 87.4 cm³/mol. The fourth-order valence-corrected chi connectivity index (χ4v) is 3.78. The van der Waals surface area contributed by atoms with Crippen LogP contribution in [0.2, 0.25) is 18.1 Å². The molecule has 0 fully saturated rings. The third kappa shape index (κ3) is 3.09. The zero-order chi connectivity index (χ0) is 16.0. The van der Waals surface area contributed by atoms with Crippen LogP contribution < -0.4 is 10.5 Å². The molecule has 2 N–H and O–H groups in total. The van der Waals surface area contributed by atoms with E-state index in [1.165, 1.54) is 0 Å². The van der Waals surface area contributed by atoms with E-state index in [4.69, 9.17) is 14.9 Å². The minimum absolute atomic E-state index is 0.0915. The van der Waals surface area contributed by atoms with Crippen LogP contribution in [-0.2, 0) is 4.43 Å². The Morgan fingerprint density at radius 3 is 2.62 bits per heavy atom. The summed E-state index contributed by atoms with van der Waals surface area (Å²) in [5.74, 6) is -0.298. The molecule has 0 radical (unpaired) electrons. The van der Waals surface area contributed by atoms with E-state index in [-0.39, 0.29) is 21.4 Å². The predicted octanol–water partition coefficient (Wildman–Crippen LogP) is 4.41. The molecule has 1 atom stereocenters. The van der Waals surface area contributed by atoms with Crippen LogP contribution in [0.1, 0.15) is 39.0 Å². The van der Waals surface area contributed by atoms with E-state index in [0.29, 0.717) is 24.5 Å². The number of aromatic nitrogens is 1. The summed E-state index contributed by atoms with van der Waals surface area (Å²) in [6.45, 7) is 11.4. The molecule has 0 bridgehead atoms. The fraction of sp³-hybridized carbons (Fsp3) is 0.643. The Kier molecular flexibility index (Phi) is 4.39. The second kappa shape index (κ2) is 5.51. The van der Waals surface area contributed by atoms with Crippen LogP contribution in [0.4, 0.5) is 10.2 Å². The van der Waals surface area contributed by atoms with Gasteiger partial charge >= 0.3 is 0 Å². The third-order valence-corrected chi connectivity index (χ3v) is 9.46. The molecule has 2 heterocycles. The first-order chi connectivity index (χ1) is 9.54. The number of pyridine rings is 1. The van der Waals surface area contributed by atoms with Gasteiger partial charge in [0.15, 0.2) is 25.7 Å². The van der Waals surface area contributed by atoms with Crippen LogP contribution in [0.5, 0.6) is 5.75 Å². The lowest BCUT2D eigenvalue weighted by Crippen LogP contribution is -2.42. The van der Waals surface area contributed by atoms with Crippen molar-refractivity contribution in [3.63, 3.8) is 0 Å². The van der Waals surface area contributed by atoms with E-state index in [2.05, 4.69) is 54.8 Å². The molecular weight excluding hydrogens is 355 g/mol. The molecule has 4 nitrogen and oxygen atoms in total. The van der Waals surface area contributed by atoms with Gasteiger partial charge < -0.3 is 14.9 Å². The number of rotatable bonds is 2. The van der Waals surface area contributed by atoms with Crippen LogP contribution >= 0.6 is 15.9 Å². The minimum atomic E-state index is -1.95. The number of hydrogen-bond acceptors (Lipinski definition) is 4. The average Bonchev–Trinajstić information content (AvgIpc) is 2.35. The number of ether oxygens (including phenoxy) is 1. The maximum absolute atomic E-state index is 13.8. The quantitative estimate of drug-likeness (QED) is 0.776. The maximum Gasteiger partial charge on any atom is 0.192 e. The summed E-state index contributed by atoms with van der Waals surface area (Å²) in [6, 6.07) is 0. The number of fused-ring (bicyclic) bond motifs is 1. The highest BCUT2D eigenvalue weighted by molar-refractivity contribution is 9.10. The lowest BCUT2D eigenvalue weighted by molar-refractivity contribution is 0.116. The summed E-state index contributed by atoms with van der Waals surface area (Å²) in [6.07, 6.45) is 0.498. The molecule has 1 aliphatic heterocycles. The van der Waals surface area contributed by atoms with Crippen LogP contribution in [-0.4, -0.2) is 19.9 Å². The Morgan fingerprint density at radius 1 is 1.43 bits per heavy atom. The molecule has 0 saturated heterocycles. The zero-order valence-corrected chi connectivity index (χ0v) is 15.7. The number of halogens is 2. The third-order valence-electron chi connectivity index (χ3n) is 4.26. The van der Waals surface area contributed by atoms with E-state index < -0.39 is 14.1 Å². The second-order valence-electron chi connectivity index (χ2n) is 6.84. The number of hydrogen-bond donors (Lipinski definition) is 1. The van der Waals surface area contributed by atoms with Crippen molar-refractivity contribution in [3.8, 4) is 5.75 Å². The number of nitrogens with zero attached hydrogens (tertiary/aromatic N) is 1. The van der Waals surface area contributed by atoms with Gasteiger partial charge in [0, 0.05) is 6.42 Å². The lowest BCUT2D eigenvalue weighted by atomic mass is 10.1. The van der Waals surface area contributed by atoms with Gasteiger partial charge in [-0.25, -0.2) is 9.37 Å². The molecule has 1 aromatic rings. The minimum Gasteiger partial charge on any atom is -0.490 e. The number of nitrogens with two attached hydrogens (primary N) is 1. The summed E-state index contributed by atoms with van der Waals surface area (Å²) >= 11 is 3.20. The second-order valence-corrected chi connectivity index (χ2v) is 12.4. The topological polar surface area (TPSA) is 57.4 Å². The highest BCUT2D eigenvalue weighted by Crippen LogP contribution is 2.45. The average molecular weight is 377 g/mol. The lowest BCUT2D eigenvalue weighted by Gasteiger charge is -2.40. The smallest absolute Gasteiger partial charge is 0.192 e. The first kappa shape index (κ1) is 16.7. The Labute approximate surface area is 134 Å². The van der Waals surface area contributed by atoms with Gasteiger partial charge in [0.25, 0.3) is 0 Å². The van der Waals surface area contributed by atoms with Gasteiger partial charge in [-0.3, -0.25) is 0 Å². The Hall–Kier alpha value is -0.663. The molecule has 1 aromatic heterocycles. The molecule has 21 heavy (non-hydrogen) atoms. The van der Waals surface area contributed by atoms with Crippen molar-refractivity contribution < 1.29 is 13.6 Å².